The van der Waals surface area contributed by atoms with Crippen molar-refractivity contribution in [1.82, 2.24) is 19.5 Å². The van der Waals surface area contributed by atoms with E-state index in [1.165, 1.54) is 17.2 Å². The van der Waals surface area contributed by atoms with Crippen LogP contribution in [0.4, 0.5) is 5.82 Å². The van der Waals surface area contributed by atoms with Crippen LogP contribution in [-0.4, -0.2) is 75.9 Å². The highest BCUT2D eigenvalue weighted by molar-refractivity contribution is 7.60. The minimum Gasteiger partial charge on any atom is -0.463 e. The Kier molecular flexibility index (Phi) is 8.03. The van der Waals surface area contributed by atoms with E-state index in [0.29, 0.717) is 18.8 Å². The van der Waals surface area contributed by atoms with Crippen LogP contribution in [0.3, 0.4) is 0 Å². The highest BCUT2D eigenvalue weighted by Crippen LogP contribution is 2.57. The number of quaternary nitrogens is 1. The van der Waals surface area contributed by atoms with Gasteiger partial charge in [-0.3, -0.25) is 9.09 Å². The number of imidazole rings is 1. The number of aromatic nitrogens is 4. The molecule has 2 aromatic heterocycles. The number of aliphatic hydroxyl groups is 2. The van der Waals surface area contributed by atoms with Gasteiger partial charge in [-0.05, 0) is 24.5 Å². The van der Waals surface area contributed by atoms with Crippen LogP contribution in [0.15, 0.2) is 35.8 Å². The molecule has 16 nitrogen and oxygen atoms in total. The molecular formula is C18H24N6O10P2. The Morgan fingerprint density at radius 3 is 2.69 bits per heavy atom. The van der Waals surface area contributed by atoms with E-state index >= 15 is 0 Å². The van der Waals surface area contributed by atoms with Crippen molar-refractivity contribution in [3.05, 3.63) is 41.6 Å². The summed E-state index contributed by atoms with van der Waals surface area (Å²) in [5, 5.41) is 21.1. The number of phosphoric acid groups is 2. The number of rotatable bonds is 10. The normalized spacial score (nSPS) is 26.8. The Morgan fingerprint density at radius 2 is 2.00 bits per heavy atom. The standard InChI is InChI=1S/C18H24N6O10P2/c19-24(7-6-11-4-2-1-3-5-11)17-13-16(20-9-21-17)23(10-22-13)18-15(26)14(25)12(33-18)8-32-36(30,31)34-35(27,28)29/h1,9-10,12,14-15,18-19,24-26H,2,4,6-8H2,(H,30,31)(H2,27,28,29)/t12-,14-,15-,18?/m1/s1. The summed E-state index contributed by atoms with van der Waals surface area (Å²) >= 11 is 0. The summed E-state index contributed by atoms with van der Waals surface area (Å²) in [5.74, 6) is 8.75. The van der Waals surface area contributed by atoms with Crippen molar-refractivity contribution in [1.29, 1.82) is 0 Å². The lowest BCUT2D eigenvalue weighted by molar-refractivity contribution is -0.778. The van der Waals surface area contributed by atoms with Gasteiger partial charge in [-0.1, -0.05) is 11.5 Å². The van der Waals surface area contributed by atoms with E-state index in [-0.39, 0.29) is 16.2 Å². The predicted molar refractivity (Wildman–Crippen MR) is 119 cm³/mol. The number of aliphatic hydroxyl groups excluding tert-OH is 2. The number of hydrogen-bond acceptors (Lipinski definition) is 10. The lowest BCUT2D eigenvalue weighted by Gasteiger charge is -2.20. The highest BCUT2D eigenvalue weighted by Gasteiger charge is 2.46. The van der Waals surface area contributed by atoms with Gasteiger partial charge in [-0.2, -0.15) is 9.29 Å². The number of phosphoric ester groups is 1. The third kappa shape index (κ3) is 6.24. The molecule has 4 rings (SSSR count). The lowest BCUT2D eigenvalue weighted by Crippen LogP contribution is -3.00. The largest absolute Gasteiger partial charge is 0.481 e. The highest BCUT2D eigenvalue weighted by atomic mass is 31.3. The molecule has 3 heterocycles. The van der Waals surface area contributed by atoms with Gasteiger partial charge in [0.25, 0.3) is 0 Å². The van der Waals surface area contributed by atoms with Gasteiger partial charge in [0.15, 0.2) is 17.4 Å². The topological polar surface area (TPSA) is 235 Å². The zero-order valence-corrected chi connectivity index (χ0v) is 20.3. The maximum absolute atomic E-state index is 11.7. The van der Waals surface area contributed by atoms with Crippen molar-refractivity contribution >= 4 is 32.6 Å². The Bertz CT molecular complexity index is 1320. The second-order valence-electron chi connectivity index (χ2n) is 8.02. The number of nitrogens with zero attached hydrogens (tertiary/aromatic N) is 4. The molecule has 0 amide bonds. The van der Waals surface area contributed by atoms with E-state index < -0.39 is 46.8 Å². The van der Waals surface area contributed by atoms with Gasteiger partial charge < -0.3 is 40.5 Å². The van der Waals surface area contributed by atoms with E-state index in [1.807, 2.05) is 6.08 Å². The fraction of sp³-hybridized carbons (Fsp3) is 0.500. The first-order valence-electron chi connectivity index (χ1n) is 10.6. The number of fused-ring (bicyclic) bond motifs is 1. The second kappa shape index (κ2) is 10.7. The molecule has 1 aliphatic heterocycles. The van der Waals surface area contributed by atoms with Crippen LogP contribution >= 0.6 is 15.6 Å². The van der Waals surface area contributed by atoms with Crippen molar-refractivity contribution in [2.75, 3.05) is 13.2 Å². The summed E-state index contributed by atoms with van der Waals surface area (Å²) in [6.45, 7) is -0.443. The number of allylic oxidation sites excluding steroid dienone is 1. The van der Waals surface area contributed by atoms with Crippen LogP contribution in [0, 0.1) is 0 Å². The van der Waals surface area contributed by atoms with Crippen LogP contribution in [0.1, 0.15) is 25.5 Å². The van der Waals surface area contributed by atoms with Gasteiger partial charge >= 0.3 is 15.6 Å². The molecule has 1 fully saturated rings. The third-order valence-corrected chi connectivity index (χ3v) is 7.64. The Labute approximate surface area is 203 Å². The molecule has 1 saturated heterocycles. The van der Waals surface area contributed by atoms with Crippen molar-refractivity contribution in [3.63, 3.8) is 0 Å². The van der Waals surface area contributed by atoms with E-state index in [9.17, 15) is 24.2 Å². The molecule has 7 N–H and O–H groups in total. The Morgan fingerprint density at radius 1 is 1.22 bits per heavy atom. The SMILES string of the molecule is [NH-][NH+](CCC1=C=C=CCC1)c1ncnc2c1ncn2C1O[C@H](COP(=O)(O)OP(=O)(O)O)[C@@H](O)[C@H]1O. The molecule has 1 aliphatic carbocycles. The van der Waals surface area contributed by atoms with E-state index in [2.05, 4.69) is 35.2 Å². The first-order chi connectivity index (χ1) is 17.0. The molecule has 6 atom stereocenters. The summed E-state index contributed by atoms with van der Waals surface area (Å²) in [7, 11) is -10.5. The van der Waals surface area contributed by atoms with Crippen LogP contribution in [0.5, 0.6) is 0 Å². The molecular weight excluding hydrogens is 522 g/mol. The molecule has 18 heteroatoms. The first kappa shape index (κ1) is 27.0. The molecule has 0 bridgehead atoms. The number of nitrogens with one attached hydrogen (secondary N) is 2. The van der Waals surface area contributed by atoms with Gasteiger partial charge in [0.2, 0.25) is 5.82 Å². The molecule has 0 aromatic carbocycles. The summed E-state index contributed by atoms with van der Waals surface area (Å²) in [6, 6.07) is 0. The molecule has 2 aliphatic rings. The zero-order valence-electron chi connectivity index (χ0n) is 18.5. The summed E-state index contributed by atoms with van der Waals surface area (Å²) in [6.07, 6.45) is 1.00. The van der Waals surface area contributed by atoms with Crippen molar-refractivity contribution in [2.45, 2.75) is 43.8 Å². The van der Waals surface area contributed by atoms with Gasteiger partial charge in [0.1, 0.15) is 24.6 Å². The molecule has 2 aromatic rings. The van der Waals surface area contributed by atoms with Gasteiger partial charge in [-0.25, -0.2) is 19.1 Å². The lowest BCUT2D eigenvalue weighted by atomic mass is 10.1. The average molecular weight is 546 g/mol. The second-order valence-corrected chi connectivity index (χ2v) is 10.9. The minimum absolute atomic E-state index is 0.208. The van der Waals surface area contributed by atoms with Gasteiger partial charge in [-0.15, -0.1) is 0 Å². The van der Waals surface area contributed by atoms with Crippen LogP contribution < -0.4 is 5.01 Å². The van der Waals surface area contributed by atoms with E-state index in [1.54, 1.807) is 0 Å². The summed E-state index contributed by atoms with van der Waals surface area (Å²) in [5.41, 5.74) is 7.53. The average Bonchev–Trinajstić information content (AvgIpc) is 3.36. The number of ether oxygens (including phenoxy) is 1. The summed E-state index contributed by atoms with van der Waals surface area (Å²) in [4.78, 5) is 39.4. The van der Waals surface area contributed by atoms with Crippen molar-refractivity contribution in [3.8, 4) is 0 Å². The Balaban J connectivity index is 1.48. The number of hydrogen-bond donors (Lipinski definition) is 6. The molecule has 3 unspecified atom stereocenters. The minimum atomic E-state index is -5.33. The smallest absolute Gasteiger partial charge is 0.463 e. The maximum Gasteiger partial charge on any atom is 0.481 e. The van der Waals surface area contributed by atoms with Crippen molar-refractivity contribution < 1.29 is 52.6 Å². The van der Waals surface area contributed by atoms with Crippen molar-refractivity contribution in [2.24, 2.45) is 0 Å². The maximum atomic E-state index is 11.7. The summed E-state index contributed by atoms with van der Waals surface area (Å²) < 4.78 is 37.5. The quantitative estimate of drug-likeness (QED) is 0.126. The van der Waals surface area contributed by atoms with Crippen LogP contribution in [0.2, 0.25) is 0 Å². The fourth-order valence-electron chi connectivity index (χ4n) is 3.80. The molecule has 0 saturated carbocycles. The van der Waals surface area contributed by atoms with Gasteiger partial charge in [0.05, 0.1) is 19.5 Å². The first-order valence-corrected chi connectivity index (χ1v) is 13.7. The van der Waals surface area contributed by atoms with Crippen LogP contribution in [-0.2, 0) is 22.7 Å². The van der Waals surface area contributed by atoms with E-state index in [0.717, 1.165) is 18.4 Å². The zero-order chi connectivity index (χ0) is 26.1. The molecule has 0 radical (unpaired) electrons. The molecule has 196 valence electrons. The molecule has 0 spiro atoms. The molecule has 36 heavy (non-hydrogen) atoms. The Hall–Kier alpha value is -2.09. The van der Waals surface area contributed by atoms with Crippen LogP contribution in [0.25, 0.3) is 17.0 Å². The van der Waals surface area contributed by atoms with E-state index in [4.69, 9.17) is 20.4 Å². The fourth-order valence-corrected chi connectivity index (χ4v) is 5.40. The van der Waals surface area contributed by atoms with Gasteiger partial charge in [0, 0.05) is 6.42 Å². The third-order valence-electron chi connectivity index (χ3n) is 5.49. The predicted octanol–water partition coefficient (Wildman–Crippen LogP) is -0.424. The monoisotopic (exact) mass is 546 g/mol.